The van der Waals surface area contributed by atoms with Crippen molar-refractivity contribution in [3.63, 3.8) is 0 Å². The van der Waals surface area contributed by atoms with E-state index in [-0.39, 0.29) is 6.10 Å². The van der Waals surface area contributed by atoms with Gasteiger partial charge < -0.3 is 5.11 Å². The Hall–Kier alpha value is -0.300. The zero-order chi connectivity index (χ0) is 6.41. The van der Waals surface area contributed by atoms with Crippen LogP contribution in [-0.2, 0) is 0 Å². The Kier molecular flexibility index (Phi) is 4.67. The Morgan fingerprint density at radius 3 is 2.75 bits per heavy atom. The van der Waals surface area contributed by atoms with Gasteiger partial charge in [-0.1, -0.05) is 19.4 Å². The molecule has 0 heterocycles. The normalized spacial score (nSPS) is 13.2. The molecule has 0 aromatic rings. The second-order valence-corrected chi connectivity index (χ2v) is 1.97. The summed E-state index contributed by atoms with van der Waals surface area (Å²) in [4.78, 5) is 0. The first-order chi connectivity index (χ1) is 3.81. The molecule has 0 saturated heterocycles. The van der Waals surface area contributed by atoms with Crippen molar-refractivity contribution < 1.29 is 5.11 Å². The monoisotopic (exact) mass is 114 g/mol. The Labute approximate surface area is 51.0 Å². The smallest absolute Gasteiger partial charge is 0.0574 e. The summed E-state index contributed by atoms with van der Waals surface area (Å²) in [5, 5.41) is 8.98. The fourth-order valence-corrected chi connectivity index (χ4v) is 0.643. The van der Waals surface area contributed by atoms with Crippen molar-refractivity contribution in [2.45, 2.75) is 32.3 Å². The van der Waals surface area contributed by atoms with Crippen LogP contribution >= 0.6 is 0 Å². The molecule has 0 aliphatic rings. The van der Waals surface area contributed by atoms with Crippen molar-refractivity contribution in [1.82, 2.24) is 0 Å². The van der Waals surface area contributed by atoms with E-state index in [9.17, 15) is 0 Å². The van der Waals surface area contributed by atoms with Crippen LogP contribution in [0.2, 0.25) is 0 Å². The largest absolute Gasteiger partial charge is 0.393 e. The SMILES string of the molecule is C=CC[C@H](O)CCC. The van der Waals surface area contributed by atoms with Crippen LogP contribution < -0.4 is 0 Å². The molecule has 0 radical (unpaired) electrons. The van der Waals surface area contributed by atoms with Crippen LogP contribution in [0.5, 0.6) is 0 Å². The van der Waals surface area contributed by atoms with Crippen molar-refractivity contribution in [3.8, 4) is 0 Å². The van der Waals surface area contributed by atoms with Crippen molar-refractivity contribution in [3.05, 3.63) is 12.7 Å². The third-order valence-electron chi connectivity index (χ3n) is 1.06. The Morgan fingerprint density at radius 1 is 1.75 bits per heavy atom. The standard InChI is InChI=1S/C7H14O/c1-3-5-7(8)6-4-2/h3,7-8H,1,4-6H2,2H3/t7-/m0/s1. The summed E-state index contributed by atoms with van der Waals surface area (Å²) in [6.45, 7) is 5.58. The van der Waals surface area contributed by atoms with Gasteiger partial charge in [-0.2, -0.15) is 0 Å². The molecule has 0 aliphatic carbocycles. The summed E-state index contributed by atoms with van der Waals surface area (Å²) in [5.74, 6) is 0. The second kappa shape index (κ2) is 4.85. The fourth-order valence-electron chi connectivity index (χ4n) is 0.643. The van der Waals surface area contributed by atoms with E-state index in [1.165, 1.54) is 0 Å². The molecule has 0 aromatic carbocycles. The number of aliphatic hydroxyl groups excluding tert-OH is 1. The highest BCUT2D eigenvalue weighted by atomic mass is 16.3. The van der Waals surface area contributed by atoms with Crippen molar-refractivity contribution >= 4 is 0 Å². The molecule has 1 nitrogen and oxygen atoms in total. The Bertz CT molecular complexity index is 59.4. The lowest BCUT2D eigenvalue weighted by molar-refractivity contribution is 0.167. The highest BCUT2D eigenvalue weighted by Crippen LogP contribution is 1.99. The van der Waals surface area contributed by atoms with Gasteiger partial charge in [0.05, 0.1) is 6.10 Å². The number of aliphatic hydroxyl groups is 1. The summed E-state index contributed by atoms with van der Waals surface area (Å²) >= 11 is 0. The molecule has 1 atom stereocenters. The van der Waals surface area contributed by atoms with E-state index in [1.54, 1.807) is 6.08 Å². The van der Waals surface area contributed by atoms with E-state index in [0.717, 1.165) is 19.3 Å². The quantitative estimate of drug-likeness (QED) is 0.552. The lowest BCUT2D eigenvalue weighted by Gasteiger charge is -2.02. The van der Waals surface area contributed by atoms with E-state index in [1.807, 2.05) is 0 Å². The third-order valence-corrected chi connectivity index (χ3v) is 1.06. The molecule has 0 aliphatic heterocycles. The van der Waals surface area contributed by atoms with Crippen LogP contribution in [0.3, 0.4) is 0 Å². The molecule has 8 heavy (non-hydrogen) atoms. The van der Waals surface area contributed by atoms with Crippen LogP contribution in [-0.4, -0.2) is 11.2 Å². The van der Waals surface area contributed by atoms with Crippen LogP contribution in [0.15, 0.2) is 12.7 Å². The van der Waals surface area contributed by atoms with Gasteiger partial charge in [0.1, 0.15) is 0 Å². The topological polar surface area (TPSA) is 20.2 Å². The van der Waals surface area contributed by atoms with Crippen molar-refractivity contribution in [2.24, 2.45) is 0 Å². The summed E-state index contributed by atoms with van der Waals surface area (Å²) < 4.78 is 0. The highest BCUT2D eigenvalue weighted by molar-refractivity contribution is 4.71. The lowest BCUT2D eigenvalue weighted by Crippen LogP contribution is -2.02. The van der Waals surface area contributed by atoms with Crippen LogP contribution in [0.25, 0.3) is 0 Å². The van der Waals surface area contributed by atoms with Crippen LogP contribution in [0.1, 0.15) is 26.2 Å². The van der Waals surface area contributed by atoms with E-state index in [4.69, 9.17) is 5.11 Å². The highest BCUT2D eigenvalue weighted by Gasteiger charge is 1.96. The van der Waals surface area contributed by atoms with Crippen LogP contribution in [0, 0.1) is 0 Å². The maximum Gasteiger partial charge on any atom is 0.0574 e. The lowest BCUT2D eigenvalue weighted by atomic mass is 10.1. The minimum atomic E-state index is -0.155. The number of hydrogen-bond acceptors (Lipinski definition) is 1. The molecule has 1 heteroatoms. The summed E-state index contributed by atoms with van der Waals surface area (Å²) in [7, 11) is 0. The molecule has 48 valence electrons. The first kappa shape index (κ1) is 7.70. The molecule has 0 rings (SSSR count). The molecule has 0 bridgehead atoms. The molecule has 0 fully saturated rings. The number of rotatable bonds is 4. The van der Waals surface area contributed by atoms with Gasteiger partial charge >= 0.3 is 0 Å². The van der Waals surface area contributed by atoms with Gasteiger partial charge in [-0.05, 0) is 12.8 Å². The average molecular weight is 114 g/mol. The van der Waals surface area contributed by atoms with Gasteiger partial charge in [0.2, 0.25) is 0 Å². The molecular formula is C7H14O. The summed E-state index contributed by atoms with van der Waals surface area (Å²) in [6.07, 6.45) is 4.27. The second-order valence-electron chi connectivity index (χ2n) is 1.97. The van der Waals surface area contributed by atoms with Gasteiger partial charge in [0.25, 0.3) is 0 Å². The molecule has 0 unspecified atom stereocenters. The molecule has 0 spiro atoms. The Morgan fingerprint density at radius 2 is 2.38 bits per heavy atom. The minimum absolute atomic E-state index is 0.155. The van der Waals surface area contributed by atoms with Gasteiger partial charge in [-0.25, -0.2) is 0 Å². The van der Waals surface area contributed by atoms with Gasteiger partial charge in [0, 0.05) is 0 Å². The van der Waals surface area contributed by atoms with Gasteiger partial charge in [-0.3, -0.25) is 0 Å². The van der Waals surface area contributed by atoms with E-state index >= 15 is 0 Å². The maximum absolute atomic E-state index is 8.98. The Balaban J connectivity index is 3.03. The van der Waals surface area contributed by atoms with E-state index < -0.39 is 0 Å². The molecule has 0 aromatic heterocycles. The number of hydrogen-bond donors (Lipinski definition) is 1. The molecular weight excluding hydrogens is 100 g/mol. The van der Waals surface area contributed by atoms with E-state index in [2.05, 4.69) is 13.5 Å². The predicted molar refractivity (Wildman–Crippen MR) is 35.7 cm³/mol. The molecule has 0 amide bonds. The van der Waals surface area contributed by atoms with E-state index in [0.29, 0.717) is 0 Å². The van der Waals surface area contributed by atoms with Crippen molar-refractivity contribution in [1.29, 1.82) is 0 Å². The first-order valence-corrected chi connectivity index (χ1v) is 3.10. The van der Waals surface area contributed by atoms with Crippen LogP contribution in [0.4, 0.5) is 0 Å². The summed E-state index contributed by atoms with van der Waals surface area (Å²) in [5.41, 5.74) is 0. The van der Waals surface area contributed by atoms with Crippen molar-refractivity contribution in [2.75, 3.05) is 0 Å². The zero-order valence-electron chi connectivity index (χ0n) is 5.43. The molecule has 1 N–H and O–H groups in total. The van der Waals surface area contributed by atoms with Gasteiger partial charge in [-0.15, -0.1) is 6.58 Å². The first-order valence-electron chi connectivity index (χ1n) is 3.10. The zero-order valence-corrected chi connectivity index (χ0v) is 5.43. The maximum atomic E-state index is 8.98. The predicted octanol–water partition coefficient (Wildman–Crippen LogP) is 1.72. The van der Waals surface area contributed by atoms with Gasteiger partial charge in [0.15, 0.2) is 0 Å². The third kappa shape index (κ3) is 3.88. The average Bonchev–Trinajstić information content (AvgIpc) is 1.68. The minimum Gasteiger partial charge on any atom is -0.393 e. The summed E-state index contributed by atoms with van der Waals surface area (Å²) in [6, 6.07) is 0. The molecule has 0 saturated carbocycles. The fraction of sp³-hybridized carbons (Fsp3) is 0.714.